The molecule has 0 saturated carbocycles. The van der Waals surface area contributed by atoms with E-state index >= 15 is 0 Å². The Balaban J connectivity index is 3.24. The topological polar surface area (TPSA) is 12.5 Å². The van der Waals surface area contributed by atoms with Gasteiger partial charge in [-0.1, -0.05) is 33.8 Å². The first-order valence-corrected chi connectivity index (χ1v) is 8.25. The maximum atomic E-state index is 13.7. The van der Waals surface area contributed by atoms with Crippen molar-refractivity contribution in [3.8, 4) is 5.75 Å². The van der Waals surface area contributed by atoms with Gasteiger partial charge in [-0.05, 0) is 43.5 Å². The molecule has 0 unspecified atom stereocenters. The molecular weight excluding hydrogens is 303 g/mol. The molecule has 0 spiro atoms. The average molecular weight is 331 g/mol. The molecular formula is C18H28F3NO. The average Bonchev–Trinajstić information content (AvgIpc) is 2.49. The summed E-state index contributed by atoms with van der Waals surface area (Å²) >= 11 is 0. The van der Waals surface area contributed by atoms with E-state index in [9.17, 15) is 13.2 Å². The van der Waals surface area contributed by atoms with Crippen molar-refractivity contribution in [1.82, 2.24) is 4.90 Å². The molecule has 0 radical (unpaired) electrons. The molecule has 0 atom stereocenters. The lowest BCUT2D eigenvalue weighted by Gasteiger charge is -2.24. The van der Waals surface area contributed by atoms with Crippen molar-refractivity contribution in [2.24, 2.45) is 0 Å². The summed E-state index contributed by atoms with van der Waals surface area (Å²) in [6.07, 6.45) is -2.97. The van der Waals surface area contributed by atoms with Crippen LogP contribution in [0.4, 0.5) is 13.2 Å². The third kappa shape index (κ3) is 5.13. The minimum Gasteiger partial charge on any atom is -0.496 e. The highest BCUT2D eigenvalue weighted by Gasteiger charge is 2.38. The molecule has 1 aromatic carbocycles. The molecule has 1 rings (SSSR count). The molecule has 0 aliphatic heterocycles. The molecule has 23 heavy (non-hydrogen) atoms. The highest BCUT2D eigenvalue weighted by Crippen LogP contribution is 2.42. The number of likely N-dealkylation sites (N-methyl/N-ethyl adjacent to an activating group) is 1. The number of hydrogen-bond acceptors (Lipinski definition) is 2. The first-order chi connectivity index (χ1) is 10.8. The second kappa shape index (κ2) is 8.57. The van der Waals surface area contributed by atoms with E-state index in [0.29, 0.717) is 24.3 Å². The summed E-state index contributed by atoms with van der Waals surface area (Å²) in [5, 5.41) is 0. The number of methoxy groups -OCH3 is 1. The SMILES string of the molecule is CCCN(CC)CCc1ccc(OC)c(C(C)C)c1C(F)(F)F. The first-order valence-electron chi connectivity index (χ1n) is 8.25. The van der Waals surface area contributed by atoms with Crippen molar-refractivity contribution >= 4 is 0 Å². The maximum absolute atomic E-state index is 13.7. The van der Waals surface area contributed by atoms with Crippen molar-refractivity contribution in [3.63, 3.8) is 0 Å². The van der Waals surface area contributed by atoms with E-state index in [2.05, 4.69) is 11.8 Å². The highest BCUT2D eigenvalue weighted by molar-refractivity contribution is 5.48. The van der Waals surface area contributed by atoms with Gasteiger partial charge >= 0.3 is 6.18 Å². The van der Waals surface area contributed by atoms with Gasteiger partial charge in [-0.25, -0.2) is 0 Å². The van der Waals surface area contributed by atoms with Gasteiger partial charge in [-0.2, -0.15) is 13.2 Å². The van der Waals surface area contributed by atoms with Crippen molar-refractivity contribution in [2.45, 2.75) is 52.6 Å². The van der Waals surface area contributed by atoms with Crippen molar-refractivity contribution in [3.05, 3.63) is 28.8 Å². The largest absolute Gasteiger partial charge is 0.496 e. The number of hydrogen-bond donors (Lipinski definition) is 0. The molecule has 132 valence electrons. The lowest BCUT2D eigenvalue weighted by Crippen LogP contribution is -2.27. The Kier molecular flexibility index (Phi) is 7.39. The molecule has 0 saturated heterocycles. The van der Waals surface area contributed by atoms with Gasteiger partial charge in [0, 0.05) is 12.1 Å². The Bertz CT molecular complexity index is 498. The Morgan fingerprint density at radius 3 is 2.22 bits per heavy atom. The van der Waals surface area contributed by atoms with Crippen LogP contribution in [0.1, 0.15) is 56.7 Å². The molecule has 0 heterocycles. The summed E-state index contributed by atoms with van der Waals surface area (Å²) in [4.78, 5) is 2.18. The minimum atomic E-state index is -4.37. The van der Waals surface area contributed by atoms with Crippen molar-refractivity contribution in [2.75, 3.05) is 26.7 Å². The lowest BCUT2D eigenvalue weighted by molar-refractivity contribution is -0.139. The smallest absolute Gasteiger partial charge is 0.417 e. The third-order valence-electron chi connectivity index (χ3n) is 4.06. The molecule has 0 aliphatic carbocycles. The first kappa shape index (κ1) is 19.8. The fraction of sp³-hybridized carbons (Fsp3) is 0.667. The van der Waals surface area contributed by atoms with Gasteiger partial charge in [-0.3, -0.25) is 0 Å². The van der Waals surface area contributed by atoms with E-state index in [4.69, 9.17) is 4.74 Å². The van der Waals surface area contributed by atoms with Crippen LogP contribution in [0.5, 0.6) is 5.75 Å². The lowest BCUT2D eigenvalue weighted by atomic mass is 9.90. The van der Waals surface area contributed by atoms with Crippen LogP contribution in [-0.4, -0.2) is 31.6 Å². The van der Waals surface area contributed by atoms with E-state index in [1.165, 1.54) is 7.11 Å². The predicted molar refractivity (Wildman–Crippen MR) is 88.2 cm³/mol. The second-order valence-corrected chi connectivity index (χ2v) is 6.05. The van der Waals surface area contributed by atoms with Gasteiger partial charge in [0.15, 0.2) is 0 Å². The molecule has 1 aromatic rings. The summed E-state index contributed by atoms with van der Waals surface area (Å²) in [5.74, 6) is 0.0661. The van der Waals surface area contributed by atoms with Crippen molar-refractivity contribution in [1.29, 1.82) is 0 Å². The summed E-state index contributed by atoms with van der Waals surface area (Å²) < 4.78 is 46.2. The van der Waals surface area contributed by atoms with Crippen LogP contribution < -0.4 is 4.74 Å². The molecule has 5 heteroatoms. The number of benzene rings is 1. The molecule has 0 bridgehead atoms. The standard InChI is InChI=1S/C18H28F3NO/c1-6-11-22(7-2)12-10-14-8-9-15(23-5)16(13(3)4)17(14)18(19,20)21/h8-9,13H,6-7,10-12H2,1-5H3. The predicted octanol–water partition coefficient (Wildman–Crippen LogP) is 5.11. The van der Waals surface area contributed by atoms with Crippen LogP contribution in [0.2, 0.25) is 0 Å². The second-order valence-electron chi connectivity index (χ2n) is 6.05. The Hall–Kier alpha value is -1.23. The molecule has 0 aliphatic rings. The summed E-state index contributed by atoms with van der Waals surface area (Å²) in [6, 6.07) is 3.23. The van der Waals surface area contributed by atoms with Gasteiger partial charge in [-0.15, -0.1) is 0 Å². The van der Waals surface area contributed by atoms with Crippen LogP contribution in [0.25, 0.3) is 0 Å². The zero-order chi connectivity index (χ0) is 17.6. The monoisotopic (exact) mass is 331 g/mol. The number of rotatable bonds is 8. The summed E-state index contributed by atoms with van der Waals surface area (Å²) in [7, 11) is 1.42. The maximum Gasteiger partial charge on any atom is 0.417 e. The van der Waals surface area contributed by atoms with E-state index in [0.717, 1.165) is 19.5 Å². The quantitative estimate of drug-likeness (QED) is 0.656. The Labute approximate surface area is 137 Å². The molecule has 0 amide bonds. The van der Waals surface area contributed by atoms with Crippen LogP contribution in [0.3, 0.4) is 0 Å². The van der Waals surface area contributed by atoms with Gasteiger partial charge in [0.2, 0.25) is 0 Å². The van der Waals surface area contributed by atoms with Gasteiger partial charge in [0.05, 0.1) is 12.7 Å². The Morgan fingerprint density at radius 1 is 1.13 bits per heavy atom. The van der Waals surface area contributed by atoms with Crippen LogP contribution in [0.15, 0.2) is 12.1 Å². The van der Waals surface area contributed by atoms with E-state index in [1.807, 2.05) is 6.92 Å². The molecule has 0 aromatic heterocycles. The Morgan fingerprint density at radius 2 is 1.78 bits per heavy atom. The normalized spacial score (nSPS) is 12.3. The number of alkyl halides is 3. The summed E-state index contributed by atoms with van der Waals surface area (Å²) in [5.41, 5.74) is 0.104. The molecule has 0 N–H and O–H groups in total. The van der Waals surface area contributed by atoms with E-state index in [1.54, 1.807) is 26.0 Å². The van der Waals surface area contributed by atoms with E-state index in [-0.39, 0.29) is 11.5 Å². The molecule has 2 nitrogen and oxygen atoms in total. The van der Waals surface area contributed by atoms with Gasteiger partial charge in [0.1, 0.15) is 5.75 Å². The zero-order valence-electron chi connectivity index (χ0n) is 14.8. The molecule has 0 fully saturated rings. The number of ether oxygens (including phenoxy) is 1. The van der Waals surface area contributed by atoms with Crippen LogP contribution in [0, 0.1) is 0 Å². The van der Waals surface area contributed by atoms with Crippen LogP contribution in [-0.2, 0) is 12.6 Å². The fourth-order valence-corrected chi connectivity index (χ4v) is 2.96. The minimum absolute atomic E-state index is 0.251. The number of halogens is 3. The van der Waals surface area contributed by atoms with Crippen LogP contribution >= 0.6 is 0 Å². The summed E-state index contributed by atoms with van der Waals surface area (Å²) in [6.45, 7) is 10.0. The number of nitrogens with zero attached hydrogens (tertiary/aromatic N) is 1. The fourth-order valence-electron chi connectivity index (χ4n) is 2.96. The van der Waals surface area contributed by atoms with Gasteiger partial charge < -0.3 is 9.64 Å². The highest BCUT2D eigenvalue weighted by atomic mass is 19.4. The van der Waals surface area contributed by atoms with E-state index < -0.39 is 11.7 Å². The zero-order valence-corrected chi connectivity index (χ0v) is 14.8. The third-order valence-corrected chi connectivity index (χ3v) is 4.06. The van der Waals surface area contributed by atoms with Gasteiger partial charge in [0.25, 0.3) is 0 Å². The van der Waals surface area contributed by atoms with Crippen molar-refractivity contribution < 1.29 is 17.9 Å².